The van der Waals surface area contributed by atoms with Crippen LogP contribution in [0.1, 0.15) is 12.1 Å². The molecular weight excluding hydrogens is 482 g/mol. The van der Waals surface area contributed by atoms with Crippen LogP contribution in [0.15, 0.2) is 62.8 Å². The quantitative estimate of drug-likeness (QED) is 0.333. The molecule has 1 heterocycles. The number of sulfonamides is 2. The normalized spacial score (nSPS) is 12.5. The van der Waals surface area contributed by atoms with Crippen molar-refractivity contribution in [1.29, 1.82) is 0 Å². The zero-order chi connectivity index (χ0) is 21.1. The smallest absolute Gasteiger partial charge is 0.243 e. The predicted octanol–water partition coefficient (Wildman–Crippen LogP) is 2.07. The lowest BCUT2D eigenvalue weighted by Gasteiger charge is -2.09. The highest BCUT2D eigenvalue weighted by Gasteiger charge is 2.24. The molecule has 8 nitrogen and oxygen atoms in total. The van der Waals surface area contributed by atoms with Crippen molar-refractivity contribution in [3.63, 3.8) is 0 Å². The molecule has 156 valence electrons. The monoisotopic (exact) mass is 501 g/mol. The summed E-state index contributed by atoms with van der Waals surface area (Å²) in [5.74, 6) is 0. The Morgan fingerprint density at radius 3 is 2.24 bits per heavy atom. The Labute approximate surface area is 177 Å². The Hall–Kier alpha value is -1.76. The average molecular weight is 502 g/mol. The third kappa shape index (κ3) is 5.05. The largest absolute Gasteiger partial charge is 0.390 e. The lowest BCUT2D eigenvalue weighted by Crippen LogP contribution is -2.30. The maximum Gasteiger partial charge on any atom is 0.243 e. The third-order valence-electron chi connectivity index (χ3n) is 4.20. The minimum Gasteiger partial charge on any atom is -0.390 e. The van der Waals surface area contributed by atoms with Gasteiger partial charge in [-0.1, -0.05) is 34.1 Å². The van der Waals surface area contributed by atoms with E-state index in [1.165, 1.54) is 12.1 Å². The number of rotatable bonds is 9. The molecule has 0 radical (unpaired) electrons. The first-order chi connectivity index (χ1) is 13.7. The molecule has 0 saturated carbocycles. The number of aliphatic hydroxyl groups excluding tert-OH is 1. The number of hydrogen-bond acceptors (Lipinski definition) is 5. The van der Waals surface area contributed by atoms with Gasteiger partial charge in [-0.05, 0) is 36.8 Å². The van der Waals surface area contributed by atoms with Crippen LogP contribution < -0.4 is 9.44 Å². The van der Waals surface area contributed by atoms with Crippen LogP contribution in [0, 0.1) is 0 Å². The topological polar surface area (TPSA) is 128 Å². The van der Waals surface area contributed by atoms with Crippen LogP contribution in [-0.2, 0) is 26.7 Å². The van der Waals surface area contributed by atoms with Gasteiger partial charge in [0.15, 0.2) is 0 Å². The van der Waals surface area contributed by atoms with E-state index in [9.17, 15) is 21.9 Å². The minimum absolute atomic E-state index is 0.0128. The molecule has 29 heavy (non-hydrogen) atoms. The van der Waals surface area contributed by atoms with Crippen LogP contribution in [0.4, 0.5) is 0 Å². The maximum absolute atomic E-state index is 12.8. The van der Waals surface area contributed by atoms with E-state index in [2.05, 4.69) is 30.4 Å². The molecule has 0 unspecified atom stereocenters. The lowest BCUT2D eigenvalue weighted by molar-refractivity contribution is 0.274. The summed E-state index contributed by atoms with van der Waals surface area (Å²) < 4.78 is 55.5. The zero-order valence-electron chi connectivity index (χ0n) is 15.2. The van der Waals surface area contributed by atoms with E-state index in [0.29, 0.717) is 15.4 Å². The minimum atomic E-state index is -3.91. The summed E-state index contributed by atoms with van der Waals surface area (Å²) in [5.41, 5.74) is 0.781. The van der Waals surface area contributed by atoms with Crippen molar-refractivity contribution >= 4 is 46.9 Å². The van der Waals surface area contributed by atoms with Gasteiger partial charge in [-0.25, -0.2) is 26.3 Å². The van der Waals surface area contributed by atoms with Gasteiger partial charge in [0.05, 0.1) is 17.2 Å². The molecule has 2 aromatic carbocycles. The van der Waals surface area contributed by atoms with E-state index in [4.69, 9.17) is 0 Å². The summed E-state index contributed by atoms with van der Waals surface area (Å²) in [6.45, 7) is -0.351. The first-order valence-corrected chi connectivity index (χ1v) is 12.5. The highest BCUT2D eigenvalue weighted by molar-refractivity contribution is 9.10. The average Bonchev–Trinajstić information content (AvgIpc) is 3.07. The number of hydrogen-bond donors (Lipinski definition) is 4. The zero-order valence-corrected chi connectivity index (χ0v) is 18.4. The number of nitrogens with one attached hydrogen (secondary N) is 3. The van der Waals surface area contributed by atoms with Gasteiger partial charge in [-0.15, -0.1) is 0 Å². The molecule has 3 rings (SSSR count). The fraction of sp³-hybridized carbons (Fsp3) is 0.222. The fourth-order valence-corrected chi connectivity index (χ4v) is 5.78. The molecule has 3 aromatic rings. The Kier molecular flexibility index (Phi) is 6.76. The van der Waals surface area contributed by atoms with Crippen LogP contribution >= 0.6 is 15.9 Å². The molecule has 0 saturated heterocycles. The SMILES string of the molecule is O=S(=O)(NCCCNS(=O)(=O)c1c(CO)[nH]c2ccc(Br)cc12)c1ccccc1. The predicted molar refractivity (Wildman–Crippen MR) is 113 cm³/mol. The van der Waals surface area contributed by atoms with Gasteiger partial charge in [0.1, 0.15) is 4.90 Å². The number of aromatic nitrogens is 1. The molecule has 0 atom stereocenters. The second kappa shape index (κ2) is 8.94. The summed E-state index contributed by atoms with van der Waals surface area (Å²) in [7, 11) is -7.54. The van der Waals surface area contributed by atoms with Gasteiger partial charge in [0.2, 0.25) is 20.0 Å². The van der Waals surface area contributed by atoms with E-state index in [1.54, 1.807) is 36.4 Å². The maximum atomic E-state index is 12.8. The molecule has 0 amide bonds. The summed E-state index contributed by atoms with van der Waals surface area (Å²) in [6, 6.07) is 13.1. The number of benzene rings is 2. The second-order valence-electron chi connectivity index (χ2n) is 6.24. The fourth-order valence-electron chi connectivity index (χ4n) is 2.87. The molecule has 0 fully saturated rings. The Morgan fingerprint density at radius 2 is 1.59 bits per heavy atom. The van der Waals surface area contributed by atoms with Crippen LogP contribution in [0.2, 0.25) is 0 Å². The number of halogens is 1. The molecule has 4 N–H and O–H groups in total. The van der Waals surface area contributed by atoms with Crippen molar-refractivity contribution in [2.75, 3.05) is 13.1 Å². The highest BCUT2D eigenvalue weighted by Crippen LogP contribution is 2.29. The van der Waals surface area contributed by atoms with Crippen molar-refractivity contribution in [3.8, 4) is 0 Å². The van der Waals surface area contributed by atoms with Crippen LogP contribution in [0.3, 0.4) is 0 Å². The van der Waals surface area contributed by atoms with Gasteiger partial charge >= 0.3 is 0 Å². The summed E-state index contributed by atoms with van der Waals surface area (Å²) in [5, 5.41) is 10.0. The molecule has 0 spiro atoms. The third-order valence-corrected chi connectivity index (χ3v) is 7.76. The van der Waals surface area contributed by atoms with Crippen LogP contribution in [0.25, 0.3) is 10.9 Å². The van der Waals surface area contributed by atoms with Crippen molar-refractivity contribution in [2.45, 2.75) is 22.8 Å². The molecule has 1 aromatic heterocycles. The standard InChI is InChI=1S/C18H20BrN3O5S2/c19-13-7-8-16-15(11-13)18(17(12-23)22-16)29(26,27)21-10-4-9-20-28(24,25)14-5-2-1-3-6-14/h1-3,5-8,11,20-23H,4,9-10,12H2. The summed E-state index contributed by atoms with van der Waals surface area (Å²) in [4.78, 5) is 3.04. The molecular formula is C18H20BrN3O5S2. The molecule has 0 aliphatic carbocycles. The van der Waals surface area contributed by atoms with Gasteiger partial charge in [-0.2, -0.15) is 0 Å². The van der Waals surface area contributed by atoms with Gasteiger partial charge < -0.3 is 10.1 Å². The molecule has 0 bridgehead atoms. The van der Waals surface area contributed by atoms with Crippen molar-refractivity contribution in [3.05, 3.63) is 58.7 Å². The van der Waals surface area contributed by atoms with E-state index >= 15 is 0 Å². The van der Waals surface area contributed by atoms with E-state index in [0.717, 1.165) is 0 Å². The number of aromatic amines is 1. The van der Waals surface area contributed by atoms with Crippen molar-refractivity contribution in [2.24, 2.45) is 0 Å². The molecule has 0 aliphatic heterocycles. The number of H-pyrrole nitrogens is 1. The van der Waals surface area contributed by atoms with E-state index in [-0.39, 0.29) is 35.0 Å². The highest BCUT2D eigenvalue weighted by atomic mass is 79.9. The first kappa shape index (κ1) is 21.9. The van der Waals surface area contributed by atoms with E-state index < -0.39 is 26.7 Å². The summed E-state index contributed by atoms with van der Waals surface area (Å²) in [6.07, 6.45) is 0.256. The Bertz CT molecular complexity index is 1210. The van der Waals surface area contributed by atoms with Gasteiger partial charge in [0.25, 0.3) is 0 Å². The molecule has 0 aliphatic rings. The first-order valence-electron chi connectivity index (χ1n) is 8.70. The second-order valence-corrected chi connectivity index (χ2v) is 10.6. The van der Waals surface area contributed by atoms with Crippen molar-refractivity contribution < 1.29 is 21.9 Å². The Balaban J connectivity index is 1.65. The number of fused-ring (bicyclic) bond motifs is 1. The molecule has 11 heteroatoms. The van der Waals surface area contributed by atoms with Crippen LogP contribution in [-0.4, -0.2) is 40.0 Å². The van der Waals surface area contributed by atoms with Crippen LogP contribution in [0.5, 0.6) is 0 Å². The van der Waals surface area contributed by atoms with Gasteiger partial charge in [0, 0.05) is 28.5 Å². The number of aliphatic hydroxyl groups is 1. The summed E-state index contributed by atoms with van der Waals surface area (Å²) >= 11 is 3.32. The Morgan fingerprint density at radius 1 is 0.931 bits per heavy atom. The van der Waals surface area contributed by atoms with E-state index in [1.807, 2.05) is 0 Å². The lowest BCUT2D eigenvalue weighted by atomic mass is 10.2. The van der Waals surface area contributed by atoms with Crippen molar-refractivity contribution in [1.82, 2.24) is 14.4 Å². The van der Waals surface area contributed by atoms with Gasteiger partial charge in [-0.3, -0.25) is 0 Å².